The van der Waals surface area contributed by atoms with Crippen molar-refractivity contribution < 1.29 is 0 Å². The van der Waals surface area contributed by atoms with Gasteiger partial charge in [0.25, 0.3) is 0 Å². The molecule has 3 heteroatoms. The summed E-state index contributed by atoms with van der Waals surface area (Å²) in [7, 11) is -2.75. The fourth-order valence-electron chi connectivity index (χ4n) is 3.62. The maximum Gasteiger partial charge on any atom is 0.126 e. The van der Waals surface area contributed by atoms with Crippen molar-refractivity contribution in [2.45, 2.75) is 97.1 Å². The minimum absolute atomic E-state index is 0.813. The molecular weight excluding hydrogens is 250 g/mol. The summed E-state index contributed by atoms with van der Waals surface area (Å²) in [6, 6.07) is 0. The molecule has 0 rings (SSSR count). The summed E-state index contributed by atoms with van der Waals surface area (Å²) >= 11 is 0. The number of rotatable bonds is 7. The largest absolute Gasteiger partial charge is 0.358 e. The average Bonchev–Trinajstić information content (AvgIpc) is 2.23. The van der Waals surface area contributed by atoms with Crippen molar-refractivity contribution in [3.63, 3.8) is 0 Å². The molecular formula is C15H37NSi2. The standard InChI is InChI=1S/C15H37NSi2/c1-11-15(8)17(9,10)16-18(12(2)3,13(4)5)14(6)7/h12-16H,11H2,1-10H3. The van der Waals surface area contributed by atoms with E-state index in [4.69, 9.17) is 0 Å². The minimum Gasteiger partial charge on any atom is -0.358 e. The third-order valence-corrected chi connectivity index (χ3v) is 18.2. The van der Waals surface area contributed by atoms with E-state index in [2.05, 4.69) is 73.1 Å². The van der Waals surface area contributed by atoms with Crippen LogP contribution in [0, 0.1) is 0 Å². The van der Waals surface area contributed by atoms with E-state index in [-0.39, 0.29) is 0 Å². The second-order valence-electron chi connectivity index (χ2n) is 7.55. The number of hydrogen-bond donors (Lipinski definition) is 1. The number of nitrogens with one attached hydrogen (secondary N) is 1. The zero-order valence-electron chi connectivity index (χ0n) is 14.5. The van der Waals surface area contributed by atoms with Gasteiger partial charge in [0.2, 0.25) is 0 Å². The molecule has 0 spiro atoms. The van der Waals surface area contributed by atoms with Gasteiger partial charge in [-0.15, -0.1) is 0 Å². The summed E-state index contributed by atoms with van der Waals surface area (Å²) in [5.41, 5.74) is 3.30. The summed E-state index contributed by atoms with van der Waals surface area (Å²) in [5, 5.41) is 0. The van der Waals surface area contributed by atoms with Crippen molar-refractivity contribution in [1.82, 2.24) is 4.65 Å². The lowest BCUT2D eigenvalue weighted by molar-refractivity contribution is 0.766. The Balaban J connectivity index is 5.37. The molecule has 0 aliphatic heterocycles. The Morgan fingerprint density at radius 3 is 1.33 bits per heavy atom. The average molecular weight is 288 g/mol. The van der Waals surface area contributed by atoms with E-state index >= 15 is 0 Å². The predicted octanol–water partition coefficient (Wildman–Crippen LogP) is 5.76. The van der Waals surface area contributed by atoms with Crippen LogP contribution >= 0.6 is 0 Å². The predicted molar refractivity (Wildman–Crippen MR) is 91.4 cm³/mol. The van der Waals surface area contributed by atoms with Crippen LogP contribution in [0.3, 0.4) is 0 Å². The van der Waals surface area contributed by atoms with Crippen LogP contribution < -0.4 is 4.65 Å². The van der Waals surface area contributed by atoms with Gasteiger partial charge in [-0.05, 0) is 22.2 Å². The number of hydrogen-bond acceptors (Lipinski definition) is 1. The normalized spacial score (nSPS) is 15.8. The molecule has 0 aromatic rings. The van der Waals surface area contributed by atoms with Gasteiger partial charge in [-0.3, -0.25) is 0 Å². The molecule has 1 nitrogen and oxygen atoms in total. The highest BCUT2D eigenvalue weighted by Crippen LogP contribution is 2.41. The monoisotopic (exact) mass is 287 g/mol. The minimum atomic E-state index is -1.43. The SMILES string of the molecule is CCC(C)[Si](C)(C)N[Si](C(C)C)(C(C)C)C(C)C. The van der Waals surface area contributed by atoms with Crippen LogP contribution in [-0.4, -0.2) is 16.5 Å². The molecule has 0 aliphatic rings. The second-order valence-corrected chi connectivity index (χ2v) is 18.3. The van der Waals surface area contributed by atoms with Crippen molar-refractivity contribution in [2.24, 2.45) is 0 Å². The van der Waals surface area contributed by atoms with E-state index in [1.165, 1.54) is 6.42 Å². The highest BCUT2D eigenvalue weighted by atomic mass is 28.4. The topological polar surface area (TPSA) is 12.0 Å². The summed E-state index contributed by atoms with van der Waals surface area (Å²) in [6.45, 7) is 24.5. The Morgan fingerprint density at radius 1 is 0.778 bits per heavy atom. The Hall–Kier alpha value is 0.394. The Labute approximate surface area is 118 Å². The van der Waals surface area contributed by atoms with Crippen LogP contribution in [0.4, 0.5) is 0 Å². The first-order valence-corrected chi connectivity index (χ1v) is 13.1. The summed E-state index contributed by atoms with van der Waals surface area (Å²) in [5.74, 6) is 0. The molecule has 18 heavy (non-hydrogen) atoms. The lowest BCUT2D eigenvalue weighted by Crippen LogP contribution is -2.68. The summed E-state index contributed by atoms with van der Waals surface area (Å²) in [4.78, 5) is 0. The molecule has 1 N–H and O–H groups in total. The van der Waals surface area contributed by atoms with Crippen LogP contribution in [0.25, 0.3) is 0 Å². The van der Waals surface area contributed by atoms with E-state index in [1.807, 2.05) is 0 Å². The fraction of sp³-hybridized carbons (Fsp3) is 1.00. The molecule has 0 heterocycles. The highest BCUT2D eigenvalue weighted by molar-refractivity contribution is 6.94. The lowest BCUT2D eigenvalue weighted by atomic mass is 10.4. The lowest BCUT2D eigenvalue weighted by Gasteiger charge is -2.49. The van der Waals surface area contributed by atoms with Crippen molar-refractivity contribution in [2.75, 3.05) is 0 Å². The molecule has 0 radical (unpaired) electrons. The van der Waals surface area contributed by atoms with Gasteiger partial charge in [-0.25, -0.2) is 0 Å². The second kappa shape index (κ2) is 6.71. The molecule has 0 aromatic heterocycles. The van der Waals surface area contributed by atoms with Gasteiger partial charge in [-0.2, -0.15) is 0 Å². The zero-order chi connectivity index (χ0) is 14.7. The van der Waals surface area contributed by atoms with Gasteiger partial charge in [0.15, 0.2) is 0 Å². The van der Waals surface area contributed by atoms with Crippen LogP contribution in [0.2, 0.25) is 35.3 Å². The van der Waals surface area contributed by atoms with Crippen molar-refractivity contribution >= 4 is 16.5 Å². The van der Waals surface area contributed by atoms with Crippen molar-refractivity contribution in [1.29, 1.82) is 0 Å². The molecule has 0 aromatic carbocycles. The van der Waals surface area contributed by atoms with Crippen molar-refractivity contribution in [3.05, 3.63) is 0 Å². The van der Waals surface area contributed by atoms with Gasteiger partial charge in [0, 0.05) is 0 Å². The molecule has 0 saturated carbocycles. The molecule has 0 bridgehead atoms. The first kappa shape index (κ1) is 18.4. The van der Waals surface area contributed by atoms with Gasteiger partial charge < -0.3 is 4.65 Å². The zero-order valence-corrected chi connectivity index (χ0v) is 16.5. The van der Waals surface area contributed by atoms with Gasteiger partial charge >= 0.3 is 0 Å². The molecule has 0 amide bonds. The fourth-order valence-corrected chi connectivity index (χ4v) is 17.6. The molecule has 110 valence electrons. The smallest absolute Gasteiger partial charge is 0.126 e. The quantitative estimate of drug-likeness (QED) is 0.587. The van der Waals surface area contributed by atoms with Gasteiger partial charge in [-0.1, -0.05) is 74.9 Å². The van der Waals surface area contributed by atoms with Crippen molar-refractivity contribution in [3.8, 4) is 0 Å². The molecule has 0 fully saturated rings. The van der Waals surface area contributed by atoms with E-state index in [0.717, 1.165) is 22.2 Å². The molecule has 0 saturated heterocycles. The summed E-state index contributed by atoms with van der Waals surface area (Å²) < 4.78 is 4.33. The Morgan fingerprint density at radius 2 is 1.11 bits per heavy atom. The van der Waals surface area contributed by atoms with Crippen LogP contribution in [-0.2, 0) is 0 Å². The Kier molecular flexibility index (Phi) is 6.86. The van der Waals surface area contributed by atoms with E-state index in [0.29, 0.717) is 0 Å². The third kappa shape index (κ3) is 3.70. The first-order valence-electron chi connectivity index (χ1n) is 7.81. The maximum atomic E-state index is 4.33. The molecule has 0 aliphatic carbocycles. The highest BCUT2D eigenvalue weighted by Gasteiger charge is 2.47. The van der Waals surface area contributed by atoms with E-state index in [9.17, 15) is 0 Å². The summed E-state index contributed by atoms with van der Waals surface area (Å²) in [6.07, 6.45) is 1.31. The van der Waals surface area contributed by atoms with Crippen LogP contribution in [0.15, 0.2) is 0 Å². The van der Waals surface area contributed by atoms with Gasteiger partial charge in [0.05, 0.1) is 0 Å². The van der Waals surface area contributed by atoms with Crippen LogP contribution in [0.1, 0.15) is 61.8 Å². The van der Waals surface area contributed by atoms with E-state index < -0.39 is 16.5 Å². The first-order chi connectivity index (χ1) is 8.02. The Bertz CT molecular complexity index is 225. The third-order valence-electron chi connectivity index (χ3n) is 5.25. The maximum absolute atomic E-state index is 4.33. The van der Waals surface area contributed by atoms with E-state index in [1.54, 1.807) is 0 Å². The molecule has 1 atom stereocenters. The van der Waals surface area contributed by atoms with Crippen LogP contribution in [0.5, 0.6) is 0 Å². The van der Waals surface area contributed by atoms with Gasteiger partial charge in [0.1, 0.15) is 16.5 Å². The molecule has 1 unspecified atom stereocenters.